The molecule has 0 aromatic heterocycles. The van der Waals surface area contributed by atoms with E-state index in [9.17, 15) is 13.2 Å². The van der Waals surface area contributed by atoms with E-state index in [0.29, 0.717) is 21.2 Å². The van der Waals surface area contributed by atoms with Gasteiger partial charge in [0.25, 0.3) is 0 Å². The van der Waals surface area contributed by atoms with Crippen molar-refractivity contribution in [3.63, 3.8) is 0 Å². The molecule has 0 aliphatic rings. The summed E-state index contributed by atoms with van der Waals surface area (Å²) in [7, 11) is 0. The van der Waals surface area contributed by atoms with Crippen molar-refractivity contribution in [1.82, 2.24) is 0 Å². The Morgan fingerprint density at radius 3 is 2.38 bits per heavy atom. The van der Waals surface area contributed by atoms with Gasteiger partial charge in [0.2, 0.25) is 0 Å². The number of ether oxygens (including phenoxy) is 1. The minimum Gasteiger partial charge on any atom is -0.406 e. The zero-order valence-corrected chi connectivity index (χ0v) is 11.7. The first-order chi connectivity index (χ1) is 9.78. The molecule has 0 N–H and O–H groups in total. The normalized spacial score (nSPS) is 11.0. The molecule has 0 aliphatic carbocycles. The second-order valence-corrected chi connectivity index (χ2v) is 4.87. The van der Waals surface area contributed by atoms with Crippen LogP contribution in [0.4, 0.5) is 13.2 Å². The van der Waals surface area contributed by atoms with Gasteiger partial charge in [-0.25, -0.2) is 0 Å². The highest BCUT2D eigenvalue weighted by atomic mass is 35.5. The van der Waals surface area contributed by atoms with Crippen LogP contribution in [-0.2, 0) is 0 Å². The molecular weight excluding hydrogens is 326 g/mol. The number of nitriles is 1. The number of hydrogen-bond donors (Lipinski definition) is 0. The summed E-state index contributed by atoms with van der Waals surface area (Å²) in [6, 6.07) is 9.88. The molecule has 0 atom stereocenters. The lowest BCUT2D eigenvalue weighted by molar-refractivity contribution is -0.274. The van der Waals surface area contributed by atoms with Gasteiger partial charge in [0, 0.05) is 15.6 Å². The fraction of sp³-hybridized carbons (Fsp3) is 0.0714. The lowest BCUT2D eigenvalue weighted by atomic mass is 10.0. The number of halogens is 5. The van der Waals surface area contributed by atoms with Crippen molar-refractivity contribution in [1.29, 1.82) is 5.26 Å². The summed E-state index contributed by atoms with van der Waals surface area (Å²) in [6.45, 7) is 0. The second-order valence-electron chi connectivity index (χ2n) is 4.03. The number of nitrogens with zero attached hydrogens (tertiary/aromatic N) is 1. The monoisotopic (exact) mass is 331 g/mol. The van der Waals surface area contributed by atoms with Gasteiger partial charge in [-0.2, -0.15) is 5.26 Å². The Balaban J connectivity index is 2.56. The van der Waals surface area contributed by atoms with Gasteiger partial charge in [0.05, 0.1) is 11.6 Å². The molecule has 21 heavy (non-hydrogen) atoms. The van der Waals surface area contributed by atoms with Gasteiger partial charge in [-0.3, -0.25) is 0 Å². The highest BCUT2D eigenvalue weighted by molar-refractivity contribution is 6.35. The molecule has 2 rings (SSSR count). The first-order valence-corrected chi connectivity index (χ1v) is 6.30. The van der Waals surface area contributed by atoms with Crippen molar-refractivity contribution in [2.45, 2.75) is 6.36 Å². The topological polar surface area (TPSA) is 33.0 Å². The zero-order chi connectivity index (χ0) is 15.6. The number of alkyl halides is 3. The predicted octanol–water partition coefficient (Wildman–Crippen LogP) is 5.43. The third-order valence-corrected chi connectivity index (χ3v) is 3.07. The first kappa shape index (κ1) is 15.5. The maximum absolute atomic E-state index is 12.3. The molecule has 0 spiro atoms. The molecule has 7 heteroatoms. The van der Waals surface area contributed by atoms with Crippen LogP contribution >= 0.6 is 23.2 Å². The minimum absolute atomic E-state index is 0.0165. The van der Waals surface area contributed by atoms with E-state index >= 15 is 0 Å². The molecule has 0 heterocycles. The SMILES string of the molecule is N#Cc1cc(OC(F)(F)F)cc(-c2cc(Cl)ccc2Cl)c1. The Bertz CT molecular complexity index is 723. The van der Waals surface area contributed by atoms with Crippen molar-refractivity contribution in [3.8, 4) is 22.9 Å². The summed E-state index contributed by atoms with van der Waals surface area (Å²) in [6.07, 6.45) is -4.84. The molecular formula is C14H6Cl2F3NO. The van der Waals surface area contributed by atoms with Gasteiger partial charge in [-0.15, -0.1) is 13.2 Å². The molecule has 0 radical (unpaired) electrons. The summed E-state index contributed by atoms with van der Waals surface area (Å²) >= 11 is 11.9. The van der Waals surface area contributed by atoms with Gasteiger partial charge in [-0.1, -0.05) is 23.2 Å². The average molecular weight is 332 g/mol. The molecule has 0 unspecified atom stereocenters. The van der Waals surface area contributed by atoms with Gasteiger partial charge >= 0.3 is 6.36 Å². The van der Waals surface area contributed by atoms with E-state index in [1.165, 1.54) is 18.2 Å². The molecule has 0 saturated carbocycles. The van der Waals surface area contributed by atoms with Crippen LogP contribution in [-0.4, -0.2) is 6.36 Å². The zero-order valence-electron chi connectivity index (χ0n) is 10.2. The summed E-state index contributed by atoms with van der Waals surface area (Å²) in [5, 5.41) is 9.58. The number of benzene rings is 2. The third-order valence-electron chi connectivity index (χ3n) is 2.51. The fourth-order valence-electron chi connectivity index (χ4n) is 1.73. The summed E-state index contributed by atoms with van der Waals surface area (Å²) in [4.78, 5) is 0. The van der Waals surface area contributed by atoms with Gasteiger partial charge in [0.1, 0.15) is 5.75 Å². The molecule has 108 valence electrons. The largest absolute Gasteiger partial charge is 0.573 e. The highest BCUT2D eigenvalue weighted by Gasteiger charge is 2.31. The van der Waals surface area contributed by atoms with Crippen LogP contribution in [0.15, 0.2) is 36.4 Å². The Morgan fingerprint density at radius 2 is 1.76 bits per heavy atom. The molecule has 0 amide bonds. The Labute approximate surface area is 128 Å². The quantitative estimate of drug-likeness (QED) is 0.734. The van der Waals surface area contributed by atoms with Crippen LogP contribution in [0, 0.1) is 11.3 Å². The van der Waals surface area contributed by atoms with Crippen molar-refractivity contribution in [3.05, 3.63) is 52.0 Å². The van der Waals surface area contributed by atoms with E-state index in [4.69, 9.17) is 28.5 Å². The maximum Gasteiger partial charge on any atom is 0.573 e. The van der Waals surface area contributed by atoms with Crippen LogP contribution in [0.5, 0.6) is 5.75 Å². The summed E-state index contributed by atoms with van der Waals surface area (Å²) in [5.74, 6) is -0.493. The van der Waals surface area contributed by atoms with Gasteiger partial charge in [0.15, 0.2) is 0 Å². The van der Waals surface area contributed by atoms with Crippen LogP contribution in [0.2, 0.25) is 10.0 Å². The number of rotatable bonds is 2. The van der Waals surface area contributed by atoms with E-state index < -0.39 is 12.1 Å². The minimum atomic E-state index is -4.84. The Kier molecular flexibility index (Phi) is 4.31. The van der Waals surface area contributed by atoms with Crippen molar-refractivity contribution >= 4 is 23.2 Å². The van der Waals surface area contributed by atoms with Crippen molar-refractivity contribution in [2.75, 3.05) is 0 Å². The third kappa shape index (κ3) is 4.03. The van der Waals surface area contributed by atoms with Gasteiger partial charge < -0.3 is 4.74 Å². The van der Waals surface area contributed by atoms with Crippen LogP contribution in [0.25, 0.3) is 11.1 Å². The lowest BCUT2D eigenvalue weighted by Gasteiger charge is -2.12. The lowest BCUT2D eigenvalue weighted by Crippen LogP contribution is -2.17. The number of hydrogen-bond acceptors (Lipinski definition) is 2. The Morgan fingerprint density at radius 1 is 1.05 bits per heavy atom. The highest BCUT2D eigenvalue weighted by Crippen LogP contribution is 2.34. The second kappa shape index (κ2) is 5.84. The van der Waals surface area contributed by atoms with Crippen LogP contribution in [0.3, 0.4) is 0 Å². The molecule has 2 aromatic rings. The van der Waals surface area contributed by atoms with E-state index in [2.05, 4.69) is 4.74 Å². The molecule has 2 aromatic carbocycles. The van der Waals surface area contributed by atoms with E-state index in [-0.39, 0.29) is 5.56 Å². The van der Waals surface area contributed by atoms with Crippen molar-refractivity contribution in [2.24, 2.45) is 0 Å². The van der Waals surface area contributed by atoms with Crippen LogP contribution in [0.1, 0.15) is 5.56 Å². The van der Waals surface area contributed by atoms with Crippen LogP contribution < -0.4 is 4.74 Å². The van der Waals surface area contributed by atoms with E-state index in [1.807, 2.05) is 0 Å². The van der Waals surface area contributed by atoms with E-state index in [1.54, 1.807) is 12.1 Å². The van der Waals surface area contributed by atoms with Crippen molar-refractivity contribution < 1.29 is 17.9 Å². The molecule has 2 nitrogen and oxygen atoms in total. The molecule has 0 aliphatic heterocycles. The molecule has 0 fully saturated rings. The van der Waals surface area contributed by atoms with Gasteiger partial charge in [-0.05, 0) is 42.0 Å². The smallest absolute Gasteiger partial charge is 0.406 e. The molecule has 0 bridgehead atoms. The summed E-state index contributed by atoms with van der Waals surface area (Å²) in [5.41, 5.74) is 0.733. The Hall–Kier alpha value is -1.90. The maximum atomic E-state index is 12.3. The standard InChI is InChI=1S/C14H6Cl2F3NO/c15-10-1-2-13(16)12(6-10)9-3-8(7-20)4-11(5-9)21-14(17,18)19/h1-6H. The first-order valence-electron chi connectivity index (χ1n) is 5.55. The average Bonchev–Trinajstić information content (AvgIpc) is 2.39. The summed E-state index contributed by atoms with van der Waals surface area (Å²) < 4.78 is 40.8. The van der Waals surface area contributed by atoms with E-state index in [0.717, 1.165) is 12.1 Å². The fourth-order valence-corrected chi connectivity index (χ4v) is 2.13. The predicted molar refractivity (Wildman–Crippen MR) is 73.3 cm³/mol. The molecule has 0 saturated heterocycles.